The number of aromatic nitrogens is 1. The van der Waals surface area contributed by atoms with Crippen LogP contribution >= 0.6 is 0 Å². The monoisotopic (exact) mass is 295 g/mol. The van der Waals surface area contributed by atoms with Crippen LogP contribution in [0.15, 0.2) is 57.7 Å². The highest BCUT2D eigenvalue weighted by atomic mass is 16.4. The van der Waals surface area contributed by atoms with Crippen molar-refractivity contribution in [1.29, 1.82) is 0 Å². The Morgan fingerprint density at radius 2 is 1.77 bits per heavy atom. The molecule has 0 bridgehead atoms. The maximum absolute atomic E-state index is 12.5. The molecule has 0 saturated carbocycles. The second-order valence-corrected chi connectivity index (χ2v) is 4.83. The van der Waals surface area contributed by atoms with Crippen LogP contribution in [0.3, 0.4) is 0 Å². The summed E-state index contributed by atoms with van der Waals surface area (Å²) in [5.74, 6) is -1.27. The molecule has 0 aliphatic carbocycles. The third-order valence-corrected chi connectivity index (χ3v) is 3.45. The van der Waals surface area contributed by atoms with Gasteiger partial charge < -0.3 is 4.42 Å². The summed E-state index contributed by atoms with van der Waals surface area (Å²) < 4.78 is 6.09. The first-order valence-electron chi connectivity index (χ1n) is 6.90. The number of fused-ring (bicyclic) bond motifs is 1. The van der Waals surface area contributed by atoms with E-state index in [2.05, 4.69) is 0 Å². The smallest absolute Gasteiger partial charge is 0.407 e. The minimum absolute atomic E-state index is 0.0494. The number of hydrogen-bond donors (Lipinski definition) is 0. The van der Waals surface area contributed by atoms with Crippen LogP contribution < -0.4 is 5.76 Å². The van der Waals surface area contributed by atoms with E-state index in [4.69, 9.17) is 4.42 Å². The standard InChI is InChI=1S/C17H13NO4/c1-2-14(19)12-8-9-13-15(10-12)22-17(21)18(13)16(20)11-6-4-3-5-7-11/h3-10H,2H2,1H3. The lowest BCUT2D eigenvalue weighted by molar-refractivity contribution is 0.0954. The largest absolute Gasteiger partial charge is 0.427 e. The zero-order valence-electron chi connectivity index (χ0n) is 11.9. The zero-order chi connectivity index (χ0) is 15.7. The number of hydrogen-bond acceptors (Lipinski definition) is 4. The van der Waals surface area contributed by atoms with E-state index in [0.717, 1.165) is 4.57 Å². The van der Waals surface area contributed by atoms with Gasteiger partial charge in [-0.3, -0.25) is 9.59 Å². The summed E-state index contributed by atoms with van der Waals surface area (Å²) in [4.78, 5) is 36.2. The minimum Gasteiger partial charge on any atom is -0.407 e. The van der Waals surface area contributed by atoms with Gasteiger partial charge in [0.1, 0.15) is 0 Å². The van der Waals surface area contributed by atoms with Crippen LogP contribution in [0.1, 0.15) is 34.1 Å². The van der Waals surface area contributed by atoms with Crippen molar-refractivity contribution in [2.24, 2.45) is 0 Å². The molecule has 3 rings (SSSR count). The first-order chi connectivity index (χ1) is 10.6. The van der Waals surface area contributed by atoms with Gasteiger partial charge in [-0.25, -0.2) is 9.36 Å². The summed E-state index contributed by atoms with van der Waals surface area (Å²) in [5.41, 5.74) is 1.43. The van der Waals surface area contributed by atoms with Crippen molar-refractivity contribution >= 4 is 22.8 Å². The number of Topliss-reactive ketones (excluding diaryl/α,β-unsaturated/α-hetero) is 1. The molecule has 110 valence electrons. The van der Waals surface area contributed by atoms with Crippen molar-refractivity contribution in [3.05, 3.63) is 70.2 Å². The highest BCUT2D eigenvalue weighted by Gasteiger charge is 2.18. The maximum Gasteiger partial charge on any atom is 0.427 e. The molecule has 0 fully saturated rings. The molecule has 0 unspecified atom stereocenters. The lowest BCUT2D eigenvalue weighted by Crippen LogP contribution is -2.23. The van der Waals surface area contributed by atoms with Crippen LogP contribution in [0.5, 0.6) is 0 Å². The average molecular weight is 295 g/mol. The van der Waals surface area contributed by atoms with Crippen molar-refractivity contribution in [3.63, 3.8) is 0 Å². The summed E-state index contributed by atoms with van der Waals surface area (Å²) in [7, 11) is 0. The van der Waals surface area contributed by atoms with Crippen molar-refractivity contribution in [2.75, 3.05) is 0 Å². The van der Waals surface area contributed by atoms with E-state index in [1.807, 2.05) is 0 Å². The number of nitrogens with zero attached hydrogens (tertiary/aromatic N) is 1. The fourth-order valence-corrected chi connectivity index (χ4v) is 2.30. The lowest BCUT2D eigenvalue weighted by atomic mass is 10.1. The second-order valence-electron chi connectivity index (χ2n) is 4.83. The fourth-order valence-electron chi connectivity index (χ4n) is 2.30. The number of rotatable bonds is 3. The topological polar surface area (TPSA) is 69.3 Å². The molecule has 0 spiro atoms. The van der Waals surface area contributed by atoms with Gasteiger partial charge in [0, 0.05) is 17.5 Å². The van der Waals surface area contributed by atoms with Crippen LogP contribution in [0.4, 0.5) is 0 Å². The zero-order valence-corrected chi connectivity index (χ0v) is 11.9. The second kappa shape index (κ2) is 5.44. The molecule has 5 heteroatoms. The van der Waals surface area contributed by atoms with E-state index < -0.39 is 11.7 Å². The Labute approximate surface area is 125 Å². The van der Waals surface area contributed by atoms with Crippen LogP contribution in [0.2, 0.25) is 0 Å². The predicted molar refractivity (Wildman–Crippen MR) is 81.3 cm³/mol. The van der Waals surface area contributed by atoms with E-state index in [9.17, 15) is 14.4 Å². The average Bonchev–Trinajstić information content (AvgIpc) is 2.89. The van der Waals surface area contributed by atoms with Gasteiger partial charge in [-0.1, -0.05) is 25.1 Å². The molecule has 0 N–H and O–H groups in total. The summed E-state index contributed by atoms with van der Waals surface area (Å²) in [5, 5.41) is 0. The first kappa shape index (κ1) is 14.0. The summed E-state index contributed by atoms with van der Waals surface area (Å²) >= 11 is 0. The Hall–Kier alpha value is -2.95. The summed E-state index contributed by atoms with van der Waals surface area (Å²) in [6.07, 6.45) is 0.361. The van der Waals surface area contributed by atoms with Crippen molar-refractivity contribution in [1.82, 2.24) is 4.57 Å². The van der Waals surface area contributed by atoms with Gasteiger partial charge in [-0.2, -0.15) is 0 Å². The van der Waals surface area contributed by atoms with Crippen LogP contribution in [0, 0.1) is 0 Å². The Morgan fingerprint density at radius 3 is 2.45 bits per heavy atom. The molecular weight excluding hydrogens is 282 g/mol. The maximum atomic E-state index is 12.5. The molecule has 2 aromatic carbocycles. The number of ketones is 1. The van der Waals surface area contributed by atoms with Gasteiger partial charge in [0.15, 0.2) is 11.4 Å². The van der Waals surface area contributed by atoms with E-state index in [-0.39, 0.29) is 11.4 Å². The Balaban J connectivity index is 2.15. The quantitative estimate of drug-likeness (QED) is 0.697. The van der Waals surface area contributed by atoms with Gasteiger partial charge >= 0.3 is 5.76 Å². The van der Waals surface area contributed by atoms with Crippen LogP contribution in [-0.2, 0) is 0 Å². The van der Waals surface area contributed by atoms with Gasteiger partial charge in [-0.05, 0) is 30.3 Å². The molecule has 0 radical (unpaired) electrons. The van der Waals surface area contributed by atoms with E-state index in [1.54, 1.807) is 49.4 Å². The van der Waals surface area contributed by atoms with Crippen LogP contribution in [0.25, 0.3) is 11.1 Å². The van der Waals surface area contributed by atoms with E-state index in [1.165, 1.54) is 6.07 Å². The number of carbonyl (C=O) groups excluding carboxylic acids is 2. The SMILES string of the molecule is CCC(=O)c1ccc2c(c1)oc(=O)n2C(=O)c1ccccc1. The molecule has 0 saturated heterocycles. The Bertz CT molecular complexity index is 919. The molecule has 22 heavy (non-hydrogen) atoms. The highest BCUT2D eigenvalue weighted by Crippen LogP contribution is 2.17. The highest BCUT2D eigenvalue weighted by molar-refractivity contribution is 6.02. The molecule has 0 aliphatic rings. The minimum atomic E-state index is -0.759. The molecule has 3 aromatic rings. The summed E-state index contributed by atoms with van der Waals surface area (Å²) in [6, 6.07) is 13.1. The normalized spacial score (nSPS) is 10.8. The Morgan fingerprint density at radius 1 is 1.05 bits per heavy atom. The molecule has 1 aromatic heterocycles. The van der Waals surface area contributed by atoms with E-state index >= 15 is 0 Å². The third kappa shape index (κ3) is 2.26. The van der Waals surface area contributed by atoms with Gasteiger partial charge in [0.2, 0.25) is 0 Å². The van der Waals surface area contributed by atoms with Crippen molar-refractivity contribution in [2.45, 2.75) is 13.3 Å². The number of oxazole rings is 1. The van der Waals surface area contributed by atoms with Crippen molar-refractivity contribution in [3.8, 4) is 0 Å². The molecule has 0 amide bonds. The molecular formula is C17H13NO4. The van der Waals surface area contributed by atoms with E-state index in [0.29, 0.717) is 23.1 Å². The van der Waals surface area contributed by atoms with Gasteiger partial charge in [-0.15, -0.1) is 0 Å². The third-order valence-electron chi connectivity index (χ3n) is 3.45. The van der Waals surface area contributed by atoms with Crippen molar-refractivity contribution < 1.29 is 14.0 Å². The van der Waals surface area contributed by atoms with Gasteiger partial charge in [0.05, 0.1) is 5.52 Å². The molecule has 0 aliphatic heterocycles. The summed E-state index contributed by atoms with van der Waals surface area (Å²) in [6.45, 7) is 1.76. The molecule has 0 atom stereocenters. The first-order valence-corrected chi connectivity index (χ1v) is 6.90. The molecule has 5 nitrogen and oxygen atoms in total. The van der Waals surface area contributed by atoms with Crippen LogP contribution in [-0.4, -0.2) is 16.3 Å². The Kier molecular flexibility index (Phi) is 3.47. The number of benzene rings is 2. The lowest BCUT2D eigenvalue weighted by Gasteiger charge is -2.01. The predicted octanol–water partition coefficient (Wildman–Crippen LogP) is 2.88. The van der Waals surface area contributed by atoms with Gasteiger partial charge in [0.25, 0.3) is 5.91 Å². The number of carbonyl (C=O) groups is 2. The fraction of sp³-hybridized carbons (Fsp3) is 0.118. The molecule has 1 heterocycles.